The highest BCUT2D eigenvalue weighted by atomic mass is 35.5. The molecule has 2 unspecified atom stereocenters. The summed E-state index contributed by atoms with van der Waals surface area (Å²) in [4.78, 5) is 0.0213. The van der Waals surface area contributed by atoms with Gasteiger partial charge in [-0.15, -0.1) is 0 Å². The molecule has 8 heteroatoms. The summed E-state index contributed by atoms with van der Waals surface area (Å²) in [5.74, 6) is 0. The number of aliphatic hydroxyl groups is 1. The van der Waals surface area contributed by atoms with E-state index in [1.54, 1.807) is 6.07 Å². The third-order valence-electron chi connectivity index (χ3n) is 3.54. The van der Waals surface area contributed by atoms with Gasteiger partial charge in [0.05, 0.1) is 11.1 Å². The summed E-state index contributed by atoms with van der Waals surface area (Å²) in [6, 6.07) is 3.87. The Hall–Kier alpha value is -0.730. The Kier molecular flexibility index (Phi) is 5.21. The van der Waals surface area contributed by atoms with Gasteiger partial charge in [-0.05, 0) is 25.0 Å². The van der Waals surface area contributed by atoms with Crippen molar-refractivity contribution < 1.29 is 13.5 Å². The molecular weight excluding hydrogens is 332 g/mol. The lowest BCUT2D eigenvalue weighted by atomic mass is 9.93. The number of benzene rings is 1. The highest BCUT2D eigenvalue weighted by molar-refractivity contribution is 7.89. The number of halogens is 1. The number of aliphatic hydroxyl groups excluding tert-OH is 1. The molecule has 116 valence electrons. The Bertz CT molecular complexity index is 649. The Morgan fingerprint density at radius 3 is 2.67 bits per heavy atom. The SMILES string of the molecule is NC(=S)c1ccc(Cl)c(S(=O)(=O)NC2CCCCC2O)c1. The van der Waals surface area contributed by atoms with E-state index in [-0.39, 0.29) is 14.9 Å². The van der Waals surface area contributed by atoms with Crippen molar-refractivity contribution in [3.63, 3.8) is 0 Å². The van der Waals surface area contributed by atoms with E-state index < -0.39 is 22.2 Å². The van der Waals surface area contributed by atoms with Crippen molar-refractivity contribution >= 4 is 38.8 Å². The summed E-state index contributed by atoms with van der Waals surface area (Å²) >= 11 is 10.8. The van der Waals surface area contributed by atoms with Crippen molar-refractivity contribution in [2.45, 2.75) is 42.7 Å². The van der Waals surface area contributed by atoms with Gasteiger partial charge in [0.2, 0.25) is 10.0 Å². The number of nitrogens with two attached hydrogens (primary N) is 1. The zero-order valence-electron chi connectivity index (χ0n) is 11.3. The molecule has 0 spiro atoms. The van der Waals surface area contributed by atoms with Crippen molar-refractivity contribution in [3.8, 4) is 0 Å². The van der Waals surface area contributed by atoms with Crippen molar-refractivity contribution in [3.05, 3.63) is 28.8 Å². The predicted octanol–water partition coefficient (Wildman–Crippen LogP) is 1.56. The molecule has 2 rings (SSSR count). The smallest absolute Gasteiger partial charge is 0.242 e. The maximum Gasteiger partial charge on any atom is 0.242 e. The van der Waals surface area contributed by atoms with Gasteiger partial charge >= 0.3 is 0 Å². The van der Waals surface area contributed by atoms with Gasteiger partial charge in [0.1, 0.15) is 9.88 Å². The molecule has 0 aliphatic heterocycles. The van der Waals surface area contributed by atoms with Gasteiger partial charge in [-0.2, -0.15) is 0 Å². The topological polar surface area (TPSA) is 92.4 Å². The van der Waals surface area contributed by atoms with E-state index in [4.69, 9.17) is 29.6 Å². The Balaban J connectivity index is 2.30. The summed E-state index contributed by atoms with van der Waals surface area (Å²) in [5, 5.41) is 9.98. The van der Waals surface area contributed by atoms with Gasteiger partial charge in [0.15, 0.2) is 0 Å². The summed E-state index contributed by atoms with van der Waals surface area (Å²) < 4.78 is 27.4. The molecule has 0 amide bonds. The van der Waals surface area contributed by atoms with E-state index in [2.05, 4.69) is 4.72 Å². The first kappa shape index (κ1) is 16.6. The van der Waals surface area contributed by atoms with Crippen LogP contribution in [0.1, 0.15) is 31.2 Å². The first-order valence-corrected chi connectivity index (χ1v) is 8.88. The van der Waals surface area contributed by atoms with E-state index in [1.807, 2.05) is 0 Å². The molecule has 1 fully saturated rings. The Morgan fingerprint density at radius 1 is 1.38 bits per heavy atom. The fourth-order valence-corrected chi connectivity index (χ4v) is 4.33. The first-order valence-electron chi connectivity index (χ1n) is 6.61. The van der Waals surface area contributed by atoms with Crippen LogP contribution in [0.15, 0.2) is 23.1 Å². The normalized spacial score (nSPS) is 23.0. The van der Waals surface area contributed by atoms with E-state index >= 15 is 0 Å². The van der Waals surface area contributed by atoms with E-state index in [1.165, 1.54) is 12.1 Å². The molecule has 0 saturated heterocycles. The third-order valence-corrected chi connectivity index (χ3v) is 5.75. The fourth-order valence-electron chi connectivity index (χ4n) is 2.37. The molecule has 1 aromatic carbocycles. The lowest BCUT2D eigenvalue weighted by Crippen LogP contribution is -2.45. The molecule has 0 bridgehead atoms. The van der Waals surface area contributed by atoms with E-state index in [0.717, 1.165) is 12.8 Å². The lowest BCUT2D eigenvalue weighted by Gasteiger charge is -2.28. The van der Waals surface area contributed by atoms with Crippen LogP contribution < -0.4 is 10.5 Å². The van der Waals surface area contributed by atoms with Crippen LogP contribution >= 0.6 is 23.8 Å². The van der Waals surface area contributed by atoms with Crippen LogP contribution in [0.3, 0.4) is 0 Å². The van der Waals surface area contributed by atoms with Crippen LogP contribution in [0.5, 0.6) is 0 Å². The van der Waals surface area contributed by atoms with Gasteiger partial charge in [0.25, 0.3) is 0 Å². The monoisotopic (exact) mass is 348 g/mol. The zero-order valence-corrected chi connectivity index (χ0v) is 13.6. The molecule has 0 aromatic heterocycles. The molecule has 5 nitrogen and oxygen atoms in total. The number of hydrogen-bond acceptors (Lipinski definition) is 4. The van der Waals surface area contributed by atoms with Gasteiger partial charge in [-0.25, -0.2) is 13.1 Å². The van der Waals surface area contributed by atoms with Gasteiger partial charge in [0, 0.05) is 11.6 Å². The van der Waals surface area contributed by atoms with Crippen molar-refractivity contribution in [2.24, 2.45) is 5.73 Å². The van der Waals surface area contributed by atoms with Crippen LogP contribution in [-0.4, -0.2) is 30.7 Å². The maximum atomic E-state index is 12.5. The maximum absolute atomic E-state index is 12.5. The highest BCUT2D eigenvalue weighted by Crippen LogP contribution is 2.25. The quantitative estimate of drug-likeness (QED) is 0.718. The van der Waals surface area contributed by atoms with E-state index in [0.29, 0.717) is 18.4 Å². The number of rotatable bonds is 4. The minimum atomic E-state index is -3.84. The van der Waals surface area contributed by atoms with Crippen molar-refractivity contribution in [1.29, 1.82) is 0 Å². The number of thiocarbonyl (C=S) groups is 1. The molecule has 1 aliphatic rings. The summed E-state index contributed by atoms with van der Waals surface area (Å²) in [7, 11) is -3.84. The minimum absolute atomic E-state index is 0.0766. The van der Waals surface area contributed by atoms with Gasteiger partial charge in [-0.3, -0.25) is 0 Å². The van der Waals surface area contributed by atoms with E-state index in [9.17, 15) is 13.5 Å². The number of hydrogen-bond donors (Lipinski definition) is 3. The number of nitrogens with one attached hydrogen (secondary N) is 1. The molecule has 21 heavy (non-hydrogen) atoms. The van der Waals surface area contributed by atoms with Crippen molar-refractivity contribution in [2.75, 3.05) is 0 Å². The van der Waals surface area contributed by atoms with Crippen LogP contribution in [0.2, 0.25) is 5.02 Å². The first-order chi connectivity index (χ1) is 9.81. The third kappa shape index (κ3) is 3.92. The Morgan fingerprint density at radius 2 is 2.05 bits per heavy atom. The fraction of sp³-hybridized carbons (Fsp3) is 0.462. The summed E-state index contributed by atoms with van der Waals surface area (Å²) in [6.45, 7) is 0. The molecular formula is C13H17ClN2O3S2. The van der Waals surface area contributed by atoms with Crippen LogP contribution in [0.25, 0.3) is 0 Å². The second kappa shape index (κ2) is 6.58. The number of sulfonamides is 1. The predicted molar refractivity (Wildman–Crippen MR) is 85.9 cm³/mol. The van der Waals surface area contributed by atoms with Crippen LogP contribution in [-0.2, 0) is 10.0 Å². The second-order valence-corrected chi connectivity index (χ2v) is 7.62. The zero-order chi connectivity index (χ0) is 15.6. The Labute approximate surface area is 134 Å². The molecule has 1 aromatic rings. The van der Waals surface area contributed by atoms with Crippen LogP contribution in [0, 0.1) is 0 Å². The van der Waals surface area contributed by atoms with Crippen LogP contribution in [0.4, 0.5) is 0 Å². The van der Waals surface area contributed by atoms with Gasteiger partial charge in [-0.1, -0.05) is 42.7 Å². The summed E-state index contributed by atoms with van der Waals surface area (Å²) in [6.07, 6.45) is 2.30. The molecule has 0 radical (unpaired) electrons. The molecule has 1 saturated carbocycles. The molecule has 1 aliphatic carbocycles. The van der Waals surface area contributed by atoms with Gasteiger partial charge < -0.3 is 10.8 Å². The largest absolute Gasteiger partial charge is 0.391 e. The molecule has 4 N–H and O–H groups in total. The lowest BCUT2D eigenvalue weighted by molar-refractivity contribution is 0.101. The average Bonchev–Trinajstić information content (AvgIpc) is 2.41. The average molecular weight is 349 g/mol. The standard InChI is InChI=1S/C13H17ClN2O3S2/c14-9-6-5-8(13(15)20)7-12(9)21(18,19)16-10-3-1-2-4-11(10)17/h5-7,10-11,16-17H,1-4H2,(H2,15,20). The van der Waals surface area contributed by atoms with Crippen molar-refractivity contribution in [1.82, 2.24) is 4.72 Å². The highest BCUT2D eigenvalue weighted by Gasteiger charge is 2.29. The summed E-state index contributed by atoms with van der Waals surface area (Å²) in [5.41, 5.74) is 5.95. The molecule has 0 heterocycles. The molecule has 2 atom stereocenters. The minimum Gasteiger partial charge on any atom is -0.391 e. The second-order valence-electron chi connectivity index (χ2n) is 5.09.